The van der Waals surface area contributed by atoms with Crippen LogP contribution in [0.25, 0.3) is 0 Å². The molecule has 1 aliphatic rings. The number of aromatic nitrogens is 1. The Labute approximate surface area is 166 Å². The van der Waals surface area contributed by atoms with Gasteiger partial charge in [-0.05, 0) is 73.0 Å². The second-order valence-corrected chi connectivity index (χ2v) is 7.60. The highest BCUT2D eigenvalue weighted by Crippen LogP contribution is 2.28. The first-order chi connectivity index (χ1) is 12.9. The van der Waals surface area contributed by atoms with Crippen molar-refractivity contribution in [3.63, 3.8) is 0 Å². The molecule has 1 aliphatic carbocycles. The second kappa shape index (κ2) is 10.3. The third-order valence-corrected chi connectivity index (χ3v) is 4.94. The molecule has 1 fully saturated rings. The van der Waals surface area contributed by atoms with Crippen molar-refractivity contribution in [2.45, 2.75) is 46.1 Å². The lowest BCUT2D eigenvalue weighted by molar-refractivity contribution is -0.122. The van der Waals surface area contributed by atoms with Crippen molar-refractivity contribution in [2.75, 3.05) is 11.9 Å². The van der Waals surface area contributed by atoms with E-state index in [1.54, 1.807) is 0 Å². The topological polar surface area (TPSA) is 74.2 Å². The van der Waals surface area contributed by atoms with E-state index in [9.17, 15) is 0 Å². The van der Waals surface area contributed by atoms with Crippen molar-refractivity contribution < 1.29 is 9.90 Å². The predicted octanol–water partition coefficient (Wildman–Crippen LogP) is 5.11. The molecule has 2 aromatic rings. The van der Waals surface area contributed by atoms with Crippen LogP contribution in [0.1, 0.15) is 49.3 Å². The summed E-state index contributed by atoms with van der Waals surface area (Å²) in [5.41, 5.74) is 4.68. The highest BCUT2D eigenvalue weighted by molar-refractivity contribution is 6.31. The Bertz CT molecular complexity index is 761. The van der Waals surface area contributed by atoms with Crippen LogP contribution >= 0.6 is 11.6 Å². The molecular weight excluding hydrogens is 362 g/mol. The molecule has 3 rings (SSSR count). The number of carbonyl (C=O) groups is 1. The molecule has 1 heterocycles. The number of aryl methyl sites for hydroxylation is 1. The summed E-state index contributed by atoms with van der Waals surface area (Å²) >= 11 is 6.21. The number of hydrogen-bond donors (Lipinski definition) is 3. The zero-order valence-electron chi connectivity index (χ0n) is 16.1. The highest BCUT2D eigenvalue weighted by Gasteiger charge is 2.20. The number of hydrogen-bond acceptors (Lipinski definition) is 4. The van der Waals surface area contributed by atoms with Gasteiger partial charge in [-0.2, -0.15) is 0 Å². The Balaban J connectivity index is 0.000000817. The molecule has 1 aromatic carbocycles. The van der Waals surface area contributed by atoms with Gasteiger partial charge in [-0.25, -0.2) is 4.98 Å². The van der Waals surface area contributed by atoms with E-state index in [4.69, 9.17) is 21.5 Å². The summed E-state index contributed by atoms with van der Waals surface area (Å²) in [4.78, 5) is 12.9. The Morgan fingerprint density at radius 2 is 2.04 bits per heavy atom. The molecular formula is C21H28ClN3O2. The van der Waals surface area contributed by atoms with Crippen LogP contribution in [0.15, 0.2) is 30.5 Å². The highest BCUT2D eigenvalue weighted by atomic mass is 35.5. The van der Waals surface area contributed by atoms with Crippen molar-refractivity contribution in [2.24, 2.45) is 5.92 Å². The smallest absolute Gasteiger partial charge is 0.290 e. The van der Waals surface area contributed by atoms with Gasteiger partial charge in [0.15, 0.2) is 0 Å². The van der Waals surface area contributed by atoms with Crippen LogP contribution in [0, 0.1) is 12.8 Å². The molecule has 3 N–H and O–H groups in total. The zero-order chi connectivity index (χ0) is 19.8. The largest absolute Gasteiger partial charge is 0.483 e. The van der Waals surface area contributed by atoms with E-state index in [1.165, 1.54) is 24.0 Å². The van der Waals surface area contributed by atoms with Gasteiger partial charge in [0.1, 0.15) is 5.82 Å². The summed E-state index contributed by atoms with van der Waals surface area (Å²) in [5, 5.41) is 14.6. The van der Waals surface area contributed by atoms with Gasteiger partial charge in [0.05, 0.1) is 0 Å². The van der Waals surface area contributed by atoms with Crippen molar-refractivity contribution in [3.05, 3.63) is 52.2 Å². The van der Waals surface area contributed by atoms with Crippen LogP contribution in [0.3, 0.4) is 0 Å². The number of carboxylic acid groups (broad SMARTS) is 1. The normalized spacial score (nSPS) is 13.1. The van der Waals surface area contributed by atoms with Crippen LogP contribution in [-0.4, -0.2) is 23.1 Å². The first kappa shape index (κ1) is 21.2. The molecule has 27 heavy (non-hydrogen) atoms. The van der Waals surface area contributed by atoms with Gasteiger partial charge in [0.2, 0.25) is 0 Å². The molecule has 0 spiro atoms. The average Bonchev–Trinajstić information content (AvgIpc) is 3.44. The average molecular weight is 390 g/mol. The lowest BCUT2D eigenvalue weighted by Crippen LogP contribution is -2.17. The fraction of sp³-hybridized carbons (Fsp3) is 0.429. The molecule has 0 atom stereocenters. The summed E-state index contributed by atoms with van der Waals surface area (Å²) in [7, 11) is 0. The zero-order valence-corrected chi connectivity index (χ0v) is 16.9. The lowest BCUT2D eigenvalue weighted by atomic mass is 9.99. The van der Waals surface area contributed by atoms with Crippen LogP contribution in [0.2, 0.25) is 5.02 Å². The van der Waals surface area contributed by atoms with E-state index in [0.717, 1.165) is 41.1 Å². The number of nitrogens with one attached hydrogen (secondary N) is 2. The molecule has 1 aromatic heterocycles. The van der Waals surface area contributed by atoms with Crippen LogP contribution in [0.4, 0.5) is 11.5 Å². The van der Waals surface area contributed by atoms with Gasteiger partial charge in [0, 0.05) is 23.5 Å². The predicted molar refractivity (Wildman–Crippen MR) is 111 cm³/mol. The van der Waals surface area contributed by atoms with E-state index >= 15 is 0 Å². The molecule has 0 unspecified atom stereocenters. The van der Waals surface area contributed by atoms with Crippen molar-refractivity contribution >= 4 is 29.6 Å². The van der Waals surface area contributed by atoms with Gasteiger partial charge in [-0.15, -0.1) is 0 Å². The van der Waals surface area contributed by atoms with Gasteiger partial charge in [-0.1, -0.05) is 31.5 Å². The molecule has 6 heteroatoms. The summed E-state index contributed by atoms with van der Waals surface area (Å²) in [6, 6.07) is 8.15. The number of anilines is 2. The summed E-state index contributed by atoms with van der Waals surface area (Å²) < 4.78 is 0. The van der Waals surface area contributed by atoms with Gasteiger partial charge >= 0.3 is 0 Å². The van der Waals surface area contributed by atoms with E-state index < -0.39 is 0 Å². The molecule has 146 valence electrons. The third-order valence-electron chi connectivity index (χ3n) is 4.53. The van der Waals surface area contributed by atoms with Crippen LogP contribution in [-0.2, 0) is 11.3 Å². The SMILES string of the molecule is Cc1ccc(Nc2cc(C(C)C)c(CNCC3CC3)cn2)cc1Cl.O=CO. The van der Waals surface area contributed by atoms with E-state index in [0.29, 0.717) is 5.92 Å². The minimum atomic E-state index is -0.250. The van der Waals surface area contributed by atoms with Crippen molar-refractivity contribution in [3.8, 4) is 0 Å². The third kappa shape index (κ3) is 6.85. The number of rotatable bonds is 7. The van der Waals surface area contributed by atoms with Crippen LogP contribution in [0.5, 0.6) is 0 Å². The Kier molecular flexibility index (Phi) is 8.07. The molecule has 1 saturated carbocycles. The Hall–Kier alpha value is -2.11. The molecule has 5 nitrogen and oxygen atoms in total. The van der Waals surface area contributed by atoms with E-state index in [2.05, 4.69) is 35.5 Å². The number of halogens is 1. The Morgan fingerprint density at radius 1 is 1.33 bits per heavy atom. The summed E-state index contributed by atoms with van der Waals surface area (Å²) in [6.07, 6.45) is 4.75. The quantitative estimate of drug-likeness (QED) is 0.573. The fourth-order valence-electron chi connectivity index (χ4n) is 2.80. The van der Waals surface area contributed by atoms with Gasteiger partial charge in [0.25, 0.3) is 6.47 Å². The lowest BCUT2D eigenvalue weighted by Gasteiger charge is -2.16. The molecule has 0 amide bonds. The standard InChI is InChI=1S/C20H26ClN3.CH2O2/c1-13(2)18-9-20(24-17-7-4-14(3)19(21)8-17)23-12-16(18)11-22-10-15-5-6-15;2-1-3/h4,7-9,12-13,15,22H,5-6,10-11H2,1-3H3,(H,23,24);1H,(H,2,3). The van der Waals surface area contributed by atoms with E-state index in [1.807, 2.05) is 31.3 Å². The number of benzene rings is 1. The molecule has 0 radical (unpaired) electrons. The fourth-order valence-corrected chi connectivity index (χ4v) is 2.98. The van der Waals surface area contributed by atoms with Gasteiger partial charge in [-0.3, -0.25) is 4.79 Å². The maximum absolute atomic E-state index is 8.36. The minimum absolute atomic E-state index is 0.250. The van der Waals surface area contributed by atoms with Crippen LogP contribution < -0.4 is 10.6 Å². The van der Waals surface area contributed by atoms with Crippen molar-refractivity contribution in [1.29, 1.82) is 0 Å². The summed E-state index contributed by atoms with van der Waals surface area (Å²) in [5.74, 6) is 2.23. The molecule has 0 aliphatic heterocycles. The second-order valence-electron chi connectivity index (χ2n) is 7.19. The maximum atomic E-state index is 8.36. The minimum Gasteiger partial charge on any atom is -0.483 e. The summed E-state index contributed by atoms with van der Waals surface area (Å²) in [6.45, 7) is 8.23. The molecule has 0 saturated heterocycles. The van der Waals surface area contributed by atoms with E-state index in [-0.39, 0.29) is 6.47 Å². The van der Waals surface area contributed by atoms with Gasteiger partial charge < -0.3 is 15.7 Å². The first-order valence-corrected chi connectivity index (χ1v) is 9.63. The monoisotopic (exact) mass is 389 g/mol. The number of pyridine rings is 1. The van der Waals surface area contributed by atoms with Crippen molar-refractivity contribution in [1.82, 2.24) is 10.3 Å². The maximum Gasteiger partial charge on any atom is 0.290 e. The Morgan fingerprint density at radius 3 is 2.63 bits per heavy atom. The number of nitrogens with zero attached hydrogens (tertiary/aromatic N) is 1. The first-order valence-electron chi connectivity index (χ1n) is 9.25. The molecule has 0 bridgehead atoms.